The van der Waals surface area contributed by atoms with E-state index in [0.717, 1.165) is 75.4 Å². The second kappa shape index (κ2) is 9.81. The number of imidazole rings is 1. The van der Waals surface area contributed by atoms with E-state index in [1.807, 2.05) is 30.3 Å². The lowest BCUT2D eigenvalue weighted by molar-refractivity contribution is 0.331. The second-order valence-corrected chi connectivity index (χ2v) is 9.10. The first-order valence-corrected chi connectivity index (χ1v) is 12.6. The Labute approximate surface area is 215 Å². The molecule has 8 nitrogen and oxygen atoms in total. The predicted molar refractivity (Wildman–Crippen MR) is 149 cm³/mol. The summed E-state index contributed by atoms with van der Waals surface area (Å²) >= 11 is 0. The molecule has 1 aliphatic rings. The minimum Gasteiger partial charge on any atom is -0.491 e. The summed E-state index contributed by atoms with van der Waals surface area (Å²) in [4.78, 5) is 19.4. The van der Waals surface area contributed by atoms with Crippen LogP contribution < -0.4 is 20.3 Å². The van der Waals surface area contributed by atoms with E-state index in [0.29, 0.717) is 13.2 Å². The summed E-state index contributed by atoms with van der Waals surface area (Å²) in [6, 6.07) is 22.8. The number of hydrogen-bond acceptors (Lipinski definition) is 7. The van der Waals surface area contributed by atoms with Gasteiger partial charge in [-0.3, -0.25) is 0 Å². The highest BCUT2D eigenvalue weighted by atomic mass is 16.5. The van der Waals surface area contributed by atoms with Crippen molar-refractivity contribution in [1.82, 2.24) is 19.9 Å². The first kappa shape index (κ1) is 22.8. The average Bonchev–Trinajstić information content (AvgIpc) is 3.20. The molecule has 1 aliphatic heterocycles. The molecule has 0 bridgehead atoms. The zero-order valence-corrected chi connectivity index (χ0v) is 21.0. The molecule has 3 aromatic carbocycles. The van der Waals surface area contributed by atoms with Gasteiger partial charge in [-0.25, -0.2) is 15.0 Å². The molecule has 0 spiro atoms. The molecule has 0 radical (unpaired) electrons. The van der Waals surface area contributed by atoms with Crippen LogP contribution in [0.15, 0.2) is 73.1 Å². The lowest BCUT2D eigenvalue weighted by Gasteiger charge is -2.24. The van der Waals surface area contributed by atoms with Crippen LogP contribution in [0.3, 0.4) is 0 Å². The Morgan fingerprint density at radius 2 is 1.84 bits per heavy atom. The summed E-state index contributed by atoms with van der Waals surface area (Å²) < 4.78 is 6.13. The molecule has 5 aromatic rings. The van der Waals surface area contributed by atoms with E-state index >= 15 is 0 Å². The number of para-hydroxylation sites is 1. The lowest BCUT2D eigenvalue weighted by atomic mass is 10.0. The third-order valence-electron chi connectivity index (χ3n) is 6.59. The molecule has 0 saturated heterocycles. The topological polar surface area (TPSA) is 91.0 Å². The highest BCUT2D eigenvalue weighted by Gasteiger charge is 2.20. The highest BCUT2D eigenvalue weighted by Crippen LogP contribution is 2.33. The number of hydrogen-bond donors (Lipinski definition) is 3. The molecular weight excluding hydrogens is 462 g/mol. The molecule has 37 heavy (non-hydrogen) atoms. The van der Waals surface area contributed by atoms with E-state index < -0.39 is 0 Å². The van der Waals surface area contributed by atoms with E-state index in [1.165, 1.54) is 0 Å². The molecule has 0 unspecified atom stereocenters. The van der Waals surface area contributed by atoms with E-state index in [2.05, 4.69) is 85.7 Å². The quantitative estimate of drug-likeness (QED) is 0.272. The number of ether oxygens (including phenoxy) is 1. The SMILES string of the molecule is CCNc1nc2ccc(-c3ccc4c(c3)CN(c3ncnc(Nc5ccccc5)c3C)CCO4)cc2[nH]1. The van der Waals surface area contributed by atoms with Crippen LogP contribution >= 0.6 is 0 Å². The minimum absolute atomic E-state index is 0.588. The normalized spacial score (nSPS) is 13.1. The van der Waals surface area contributed by atoms with E-state index in [-0.39, 0.29) is 0 Å². The fraction of sp³-hybridized carbons (Fsp3) is 0.207. The average molecular weight is 492 g/mol. The molecule has 0 saturated carbocycles. The first-order valence-electron chi connectivity index (χ1n) is 12.6. The maximum atomic E-state index is 6.13. The number of aromatic amines is 1. The van der Waals surface area contributed by atoms with Gasteiger partial charge in [0.2, 0.25) is 5.95 Å². The maximum Gasteiger partial charge on any atom is 0.201 e. The number of aromatic nitrogens is 4. The molecule has 8 heteroatoms. The van der Waals surface area contributed by atoms with Crippen molar-refractivity contribution in [3.63, 3.8) is 0 Å². The summed E-state index contributed by atoms with van der Waals surface area (Å²) in [5, 5.41) is 6.66. The van der Waals surface area contributed by atoms with Crippen molar-refractivity contribution in [2.45, 2.75) is 20.4 Å². The van der Waals surface area contributed by atoms with Crippen LogP contribution in [0, 0.1) is 6.92 Å². The van der Waals surface area contributed by atoms with Crippen molar-refractivity contribution in [2.75, 3.05) is 35.2 Å². The van der Waals surface area contributed by atoms with Crippen molar-refractivity contribution in [3.05, 3.63) is 84.2 Å². The summed E-state index contributed by atoms with van der Waals surface area (Å²) in [5.41, 5.74) is 7.35. The molecule has 3 N–H and O–H groups in total. The van der Waals surface area contributed by atoms with Gasteiger partial charge in [0.25, 0.3) is 0 Å². The van der Waals surface area contributed by atoms with Crippen LogP contribution in [0.2, 0.25) is 0 Å². The largest absolute Gasteiger partial charge is 0.491 e. The Morgan fingerprint density at radius 1 is 1.00 bits per heavy atom. The number of nitrogens with one attached hydrogen (secondary N) is 3. The minimum atomic E-state index is 0.588. The molecule has 0 amide bonds. The highest BCUT2D eigenvalue weighted by molar-refractivity contribution is 5.83. The molecule has 186 valence electrons. The number of anilines is 4. The van der Waals surface area contributed by atoms with Gasteiger partial charge in [-0.15, -0.1) is 0 Å². The van der Waals surface area contributed by atoms with Crippen LogP contribution in [0.25, 0.3) is 22.2 Å². The number of fused-ring (bicyclic) bond motifs is 2. The number of rotatable bonds is 6. The molecule has 2 aromatic heterocycles. The fourth-order valence-corrected chi connectivity index (χ4v) is 4.74. The van der Waals surface area contributed by atoms with E-state index in [4.69, 9.17) is 4.74 Å². The van der Waals surface area contributed by atoms with Crippen LogP contribution in [0.1, 0.15) is 18.1 Å². The van der Waals surface area contributed by atoms with Gasteiger partial charge in [-0.05, 0) is 61.4 Å². The van der Waals surface area contributed by atoms with Crippen LogP contribution in [0.5, 0.6) is 5.75 Å². The summed E-state index contributed by atoms with van der Waals surface area (Å²) in [5.74, 6) is 3.42. The maximum absolute atomic E-state index is 6.13. The van der Waals surface area contributed by atoms with Gasteiger partial charge in [0.15, 0.2) is 0 Å². The zero-order chi connectivity index (χ0) is 25.2. The standard InChI is InChI=1S/C29H29N7O/c1-3-30-29-34-24-11-9-21(16-25(24)35-29)20-10-12-26-22(15-20)17-36(13-14-37-26)28-19(2)27(31-18-32-28)33-23-7-5-4-6-8-23/h4-12,15-16,18H,3,13-14,17H2,1-2H3,(H2,30,34,35)(H,31,32,33). The third kappa shape index (κ3) is 4.65. The van der Waals surface area contributed by atoms with Gasteiger partial charge in [0, 0.05) is 29.9 Å². The Bertz CT molecular complexity index is 1550. The Morgan fingerprint density at radius 3 is 2.70 bits per heavy atom. The van der Waals surface area contributed by atoms with Gasteiger partial charge in [0.05, 0.1) is 17.6 Å². The number of H-pyrrole nitrogens is 1. The van der Waals surface area contributed by atoms with Crippen molar-refractivity contribution in [2.24, 2.45) is 0 Å². The van der Waals surface area contributed by atoms with Gasteiger partial charge in [0.1, 0.15) is 30.3 Å². The van der Waals surface area contributed by atoms with Gasteiger partial charge in [-0.2, -0.15) is 0 Å². The Hall–Kier alpha value is -4.59. The molecule has 0 fully saturated rings. The Kier molecular flexibility index (Phi) is 6.06. The fourth-order valence-electron chi connectivity index (χ4n) is 4.74. The summed E-state index contributed by atoms with van der Waals surface area (Å²) in [6.45, 7) is 6.96. The van der Waals surface area contributed by atoms with Crippen molar-refractivity contribution in [1.29, 1.82) is 0 Å². The van der Waals surface area contributed by atoms with Crippen molar-refractivity contribution in [3.8, 4) is 16.9 Å². The monoisotopic (exact) mass is 491 g/mol. The first-order chi connectivity index (χ1) is 18.2. The van der Waals surface area contributed by atoms with Crippen molar-refractivity contribution >= 4 is 34.3 Å². The number of nitrogens with zero attached hydrogens (tertiary/aromatic N) is 4. The summed E-state index contributed by atoms with van der Waals surface area (Å²) in [7, 11) is 0. The molecule has 0 atom stereocenters. The van der Waals surface area contributed by atoms with Gasteiger partial charge < -0.3 is 25.3 Å². The van der Waals surface area contributed by atoms with Gasteiger partial charge >= 0.3 is 0 Å². The van der Waals surface area contributed by atoms with Crippen LogP contribution in [0.4, 0.5) is 23.3 Å². The van der Waals surface area contributed by atoms with Crippen LogP contribution in [-0.4, -0.2) is 39.6 Å². The third-order valence-corrected chi connectivity index (χ3v) is 6.59. The molecule has 6 rings (SSSR count). The molecule has 0 aliphatic carbocycles. The molecular formula is C29H29N7O. The Balaban J connectivity index is 1.29. The van der Waals surface area contributed by atoms with Gasteiger partial charge in [-0.1, -0.05) is 30.3 Å². The smallest absolute Gasteiger partial charge is 0.201 e. The predicted octanol–water partition coefficient (Wildman–Crippen LogP) is 5.90. The molecule has 3 heterocycles. The van der Waals surface area contributed by atoms with Crippen molar-refractivity contribution < 1.29 is 4.74 Å². The summed E-state index contributed by atoms with van der Waals surface area (Å²) in [6.07, 6.45) is 1.62. The second-order valence-electron chi connectivity index (χ2n) is 9.10. The number of benzene rings is 3. The lowest BCUT2D eigenvalue weighted by Crippen LogP contribution is -2.27. The van der Waals surface area contributed by atoms with Crippen LogP contribution in [-0.2, 0) is 6.54 Å². The van der Waals surface area contributed by atoms with E-state index in [1.54, 1.807) is 6.33 Å². The van der Waals surface area contributed by atoms with E-state index in [9.17, 15) is 0 Å². The zero-order valence-electron chi connectivity index (χ0n) is 21.0.